The molecule has 0 radical (unpaired) electrons. The van der Waals surface area contributed by atoms with E-state index in [1.807, 2.05) is 30.3 Å². The van der Waals surface area contributed by atoms with E-state index in [4.69, 9.17) is 0 Å². The van der Waals surface area contributed by atoms with Crippen LogP contribution in [0.3, 0.4) is 0 Å². The minimum atomic E-state index is -3.60. The monoisotopic (exact) mass is 481 g/mol. The number of benzene rings is 1. The molecule has 0 unspecified atom stereocenters. The normalized spacial score (nSPS) is 15.2. The van der Waals surface area contributed by atoms with Gasteiger partial charge in [0.2, 0.25) is 15.2 Å². The fourth-order valence-corrected chi connectivity index (χ4v) is 7.07. The second kappa shape index (κ2) is 9.52. The van der Waals surface area contributed by atoms with Gasteiger partial charge in [-0.05, 0) is 11.6 Å². The number of rotatable bonds is 7. The zero-order valence-electron chi connectivity index (χ0n) is 15.8. The summed E-state index contributed by atoms with van der Waals surface area (Å²) in [6.45, 7) is 0.960. The van der Waals surface area contributed by atoms with E-state index in [2.05, 4.69) is 20.5 Å². The first-order chi connectivity index (χ1) is 14.5. The molecule has 2 N–H and O–H groups in total. The number of anilines is 1. The van der Waals surface area contributed by atoms with Gasteiger partial charge < -0.3 is 4.98 Å². The maximum atomic E-state index is 12.7. The average Bonchev–Trinajstić information content (AvgIpc) is 3.44. The van der Waals surface area contributed by atoms with Gasteiger partial charge in [-0.15, -0.1) is 10.2 Å². The SMILES string of the molecule is O=C(Nc1nnc(SCc2ccccc2)s1)c1cc(S(=O)(=O)N2CCSCC2)c[nH]1. The molecule has 8 nitrogen and oxygen atoms in total. The summed E-state index contributed by atoms with van der Waals surface area (Å²) in [5.74, 6) is 1.86. The molecule has 12 heteroatoms. The average molecular weight is 482 g/mol. The van der Waals surface area contributed by atoms with E-state index in [-0.39, 0.29) is 10.6 Å². The molecule has 0 aliphatic carbocycles. The van der Waals surface area contributed by atoms with Crippen LogP contribution in [0.2, 0.25) is 0 Å². The topological polar surface area (TPSA) is 108 Å². The molecule has 0 atom stereocenters. The fourth-order valence-electron chi connectivity index (χ4n) is 2.79. The van der Waals surface area contributed by atoms with Gasteiger partial charge in [0.25, 0.3) is 5.91 Å². The number of nitrogens with zero attached hydrogens (tertiary/aromatic N) is 3. The predicted molar refractivity (Wildman–Crippen MR) is 121 cm³/mol. The molecule has 0 spiro atoms. The molecule has 3 heterocycles. The summed E-state index contributed by atoms with van der Waals surface area (Å²) in [6, 6.07) is 11.4. The Morgan fingerprint density at radius 3 is 2.73 bits per heavy atom. The molecule has 1 aromatic carbocycles. The Kier molecular flexibility index (Phi) is 6.78. The van der Waals surface area contributed by atoms with Crippen molar-refractivity contribution in [2.45, 2.75) is 15.0 Å². The lowest BCUT2D eigenvalue weighted by molar-refractivity contribution is 0.102. The van der Waals surface area contributed by atoms with Crippen molar-refractivity contribution in [1.82, 2.24) is 19.5 Å². The van der Waals surface area contributed by atoms with Crippen molar-refractivity contribution in [3.05, 3.63) is 53.9 Å². The highest BCUT2D eigenvalue weighted by Gasteiger charge is 2.28. The third-order valence-electron chi connectivity index (χ3n) is 4.34. The van der Waals surface area contributed by atoms with E-state index < -0.39 is 15.9 Å². The van der Waals surface area contributed by atoms with Crippen LogP contribution in [0.15, 0.2) is 51.8 Å². The van der Waals surface area contributed by atoms with Crippen LogP contribution in [-0.4, -0.2) is 58.4 Å². The summed E-state index contributed by atoms with van der Waals surface area (Å²) >= 11 is 4.55. The number of thioether (sulfide) groups is 2. The number of carbonyl (C=O) groups is 1. The number of sulfonamides is 1. The Morgan fingerprint density at radius 2 is 1.97 bits per heavy atom. The lowest BCUT2D eigenvalue weighted by Crippen LogP contribution is -2.37. The molecule has 1 amide bonds. The molecular formula is C18H19N5O3S4. The molecule has 1 saturated heterocycles. The highest BCUT2D eigenvalue weighted by molar-refractivity contribution is 8.00. The number of nitrogens with one attached hydrogen (secondary N) is 2. The number of aromatic nitrogens is 3. The Morgan fingerprint density at radius 1 is 1.20 bits per heavy atom. The van der Waals surface area contributed by atoms with Crippen molar-refractivity contribution in [3.63, 3.8) is 0 Å². The van der Waals surface area contributed by atoms with Crippen LogP contribution in [0.25, 0.3) is 0 Å². The summed E-state index contributed by atoms with van der Waals surface area (Å²) < 4.78 is 27.6. The van der Waals surface area contributed by atoms with E-state index in [0.717, 1.165) is 21.6 Å². The van der Waals surface area contributed by atoms with E-state index in [0.29, 0.717) is 18.2 Å². The second-order valence-electron chi connectivity index (χ2n) is 6.37. The van der Waals surface area contributed by atoms with Gasteiger partial charge in [0.05, 0.1) is 0 Å². The van der Waals surface area contributed by atoms with Crippen molar-refractivity contribution in [2.75, 3.05) is 29.9 Å². The maximum Gasteiger partial charge on any atom is 0.273 e. The smallest absolute Gasteiger partial charge is 0.273 e. The van der Waals surface area contributed by atoms with Gasteiger partial charge >= 0.3 is 0 Å². The Labute approximate surface area is 186 Å². The van der Waals surface area contributed by atoms with E-state index in [1.165, 1.54) is 45.2 Å². The van der Waals surface area contributed by atoms with Crippen molar-refractivity contribution < 1.29 is 13.2 Å². The molecule has 1 fully saturated rings. The number of aromatic amines is 1. The zero-order chi connectivity index (χ0) is 21.0. The summed E-state index contributed by atoms with van der Waals surface area (Å²) in [6.07, 6.45) is 1.35. The van der Waals surface area contributed by atoms with Crippen LogP contribution < -0.4 is 5.32 Å². The predicted octanol–water partition coefficient (Wildman–Crippen LogP) is 3.15. The van der Waals surface area contributed by atoms with Gasteiger partial charge in [-0.25, -0.2) is 8.42 Å². The minimum Gasteiger partial charge on any atom is -0.356 e. The van der Waals surface area contributed by atoms with Crippen LogP contribution in [0, 0.1) is 0 Å². The van der Waals surface area contributed by atoms with Crippen LogP contribution in [0.5, 0.6) is 0 Å². The standard InChI is InChI=1S/C18H19N5O3S4/c24-16(15-10-14(11-19-15)30(25,26)23-6-8-27-9-7-23)20-17-21-22-18(29-17)28-12-13-4-2-1-3-5-13/h1-5,10-11,19H,6-9,12H2,(H,20,21,24). The minimum absolute atomic E-state index is 0.0934. The Balaban J connectivity index is 1.37. The Hall–Kier alpha value is -1.86. The third-order valence-corrected chi connectivity index (χ3v) is 9.20. The first-order valence-corrected chi connectivity index (χ1v) is 13.5. The van der Waals surface area contributed by atoms with Crippen molar-refractivity contribution in [2.24, 2.45) is 0 Å². The fraction of sp³-hybridized carbons (Fsp3) is 0.278. The number of H-pyrrole nitrogens is 1. The first-order valence-electron chi connectivity index (χ1n) is 9.10. The summed E-state index contributed by atoms with van der Waals surface area (Å²) in [4.78, 5) is 15.3. The number of hydrogen-bond acceptors (Lipinski definition) is 8. The molecule has 2 aromatic heterocycles. The van der Waals surface area contributed by atoms with Crippen LogP contribution in [0.4, 0.5) is 5.13 Å². The number of amides is 1. The molecule has 4 rings (SSSR count). The van der Waals surface area contributed by atoms with Crippen LogP contribution in [-0.2, 0) is 15.8 Å². The lowest BCUT2D eigenvalue weighted by atomic mass is 10.2. The van der Waals surface area contributed by atoms with Gasteiger partial charge in [-0.1, -0.05) is 53.4 Å². The number of hydrogen-bond donors (Lipinski definition) is 2. The largest absolute Gasteiger partial charge is 0.356 e. The summed E-state index contributed by atoms with van der Waals surface area (Å²) in [5, 5.41) is 11.1. The quantitative estimate of drug-likeness (QED) is 0.394. The maximum absolute atomic E-state index is 12.7. The summed E-state index contributed by atoms with van der Waals surface area (Å²) in [5.41, 5.74) is 1.34. The van der Waals surface area contributed by atoms with Crippen LogP contribution >= 0.6 is 34.9 Å². The second-order valence-corrected chi connectivity index (χ2v) is 11.7. The highest BCUT2D eigenvalue weighted by Crippen LogP contribution is 2.28. The van der Waals surface area contributed by atoms with Crippen molar-refractivity contribution in [3.8, 4) is 0 Å². The van der Waals surface area contributed by atoms with Crippen LogP contribution in [0.1, 0.15) is 16.1 Å². The molecular weight excluding hydrogens is 462 g/mol. The van der Waals surface area contributed by atoms with E-state index >= 15 is 0 Å². The zero-order valence-corrected chi connectivity index (χ0v) is 19.0. The van der Waals surface area contributed by atoms with Gasteiger partial charge in [0.15, 0.2) is 4.34 Å². The molecule has 0 bridgehead atoms. The molecule has 158 valence electrons. The lowest BCUT2D eigenvalue weighted by Gasteiger charge is -2.24. The molecule has 0 saturated carbocycles. The summed E-state index contributed by atoms with van der Waals surface area (Å²) in [7, 11) is -3.60. The molecule has 1 aliphatic rings. The molecule has 3 aromatic rings. The Bertz CT molecular complexity index is 1110. The van der Waals surface area contributed by atoms with Gasteiger partial charge in [-0.3, -0.25) is 10.1 Å². The van der Waals surface area contributed by atoms with Crippen molar-refractivity contribution in [1.29, 1.82) is 0 Å². The molecule has 1 aliphatic heterocycles. The van der Waals surface area contributed by atoms with Gasteiger partial charge in [0, 0.05) is 36.5 Å². The van der Waals surface area contributed by atoms with E-state index in [9.17, 15) is 13.2 Å². The van der Waals surface area contributed by atoms with Crippen molar-refractivity contribution >= 4 is 55.9 Å². The third kappa shape index (κ3) is 5.06. The van der Waals surface area contributed by atoms with Gasteiger partial charge in [0.1, 0.15) is 10.6 Å². The first kappa shape index (κ1) is 21.4. The highest BCUT2D eigenvalue weighted by atomic mass is 32.2. The van der Waals surface area contributed by atoms with E-state index in [1.54, 1.807) is 11.8 Å². The molecule has 30 heavy (non-hydrogen) atoms. The van der Waals surface area contributed by atoms with Gasteiger partial charge in [-0.2, -0.15) is 16.1 Å². The number of carbonyl (C=O) groups excluding carboxylic acids is 1.